The van der Waals surface area contributed by atoms with Crippen molar-refractivity contribution in [3.63, 3.8) is 0 Å². The standard InChI is InChI=1S/C16H19NO3S/c1-10-4-3-5-12-11(2)14(20-13(10)12)15(18)17-8-16(19)6-7-21-9-16/h3-5,19H,6-9H2,1-2H3,(H,17,18). The van der Waals surface area contributed by atoms with Gasteiger partial charge in [0.2, 0.25) is 0 Å². The Bertz CT molecular complexity index is 686. The maximum absolute atomic E-state index is 12.3. The number of nitrogens with one attached hydrogen (secondary N) is 1. The van der Waals surface area contributed by atoms with Crippen LogP contribution in [0.3, 0.4) is 0 Å². The number of fused-ring (bicyclic) bond motifs is 1. The Balaban J connectivity index is 1.81. The summed E-state index contributed by atoms with van der Waals surface area (Å²) >= 11 is 1.71. The summed E-state index contributed by atoms with van der Waals surface area (Å²) < 4.78 is 5.74. The van der Waals surface area contributed by atoms with Crippen LogP contribution in [0.25, 0.3) is 11.0 Å². The molecule has 1 aliphatic rings. The predicted molar refractivity (Wildman–Crippen MR) is 84.9 cm³/mol. The van der Waals surface area contributed by atoms with Gasteiger partial charge < -0.3 is 14.8 Å². The molecule has 1 unspecified atom stereocenters. The number of furan rings is 1. The van der Waals surface area contributed by atoms with Crippen LogP contribution in [-0.2, 0) is 0 Å². The number of thioether (sulfide) groups is 1. The molecule has 1 saturated heterocycles. The largest absolute Gasteiger partial charge is 0.450 e. The summed E-state index contributed by atoms with van der Waals surface area (Å²) in [5.41, 5.74) is 1.84. The fraction of sp³-hybridized carbons (Fsp3) is 0.438. The van der Waals surface area contributed by atoms with Crippen LogP contribution in [-0.4, -0.2) is 34.7 Å². The van der Waals surface area contributed by atoms with Gasteiger partial charge in [0.1, 0.15) is 5.58 Å². The van der Waals surface area contributed by atoms with Crippen molar-refractivity contribution in [1.82, 2.24) is 5.32 Å². The van der Waals surface area contributed by atoms with Gasteiger partial charge in [-0.3, -0.25) is 4.79 Å². The van der Waals surface area contributed by atoms with Crippen molar-refractivity contribution in [3.05, 3.63) is 35.1 Å². The number of aryl methyl sites for hydroxylation is 2. The lowest BCUT2D eigenvalue weighted by Crippen LogP contribution is -2.43. The van der Waals surface area contributed by atoms with E-state index in [9.17, 15) is 9.90 Å². The van der Waals surface area contributed by atoms with Gasteiger partial charge in [0.15, 0.2) is 5.76 Å². The number of carbonyl (C=O) groups excluding carboxylic acids is 1. The molecule has 112 valence electrons. The molecule has 4 nitrogen and oxygen atoms in total. The molecule has 2 N–H and O–H groups in total. The van der Waals surface area contributed by atoms with E-state index in [1.807, 2.05) is 32.0 Å². The molecule has 3 rings (SSSR count). The maximum Gasteiger partial charge on any atom is 0.287 e. The first-order valence-corrected chi connectivity index (χ1v) is 8.23. The fourth-order valence-electron chi connectivity index (χ4n) is 2.66. The molecular weight excluding hydrogens is 286 g/mol. The molecule has 0 aliphatic carbocycles. The van der Waals surface area contributed by atoms with Gasteiger partial charge in [0.05, 0.1) is 5.60 Å². The number of carbonyl (C=O) groups is 1. The van der Waals surface area contributed by atoms with Crippen LogP contribution in [0.15, 0.2) is 22.6 Å². The molecule has 1 aromatic heterocycles. The summed E-state index contributed by atoms with van der Waals surface area (Å²) in [6.07, 6.45) is 0.718. The van der Waals surface area contributed by atoms with E-state index >= 15 is 0 Å². The SMILES string of the molecule is Cc1c(C(=O)NCC2(O)CCSC2)oc2c(C)cccc12. The van der Waals surface area contributed by atoms with Crippen molar-refractivity contribution < 1.29 is 14.3 Å². The number of para-hydroxylation sites is 1. The smallest absolute Gasteiger partial charge is 0.287 e. The Hall–Kier alpha value is -1.46. The third kappa shape index (κ3) is 2.68. The minimum absolute atomic E-state index is 0.256. The van der Waals surface area contributed by atoms with E-state index in [1.54, 1.807) is 11.8 Å². The minimum atomic E-state index is -0.782. The first kappa shape index (κ1) is 14.5. The number of rotatable bonds is 3. The molecule has 5 heteroatoms. The normalized spacial score (nSPS) is 21.9. The summed E-state index contributed by atoms with van der Waals surface area (Å²) in [7, 11) is 0. The van der Waals surface area contributed by atoms with Crippen LogP contribution in [0.5, 0.6) is 0 Å². The lowest BCUT2D eigenvalue weighted by atomic mass is 10.0. The van der Waals surface area contributed by atoms with Crippen molar-refractivity contribution in [2.75, 3.05) is 18.1 Å². The number of amides is 1. The average molecular weight is 305 g/mol. The summed E-state index contributed by atoms with van der Waals surface area (Å²) in [5.74, 6) is 1.70. The van der Waals surface area contributed by atoms with Gasteiger partial charge in [0.25, 0.3) is 5.91 Å². The number of aliphatic hydroxyl groups is 1. The monoisotopic (exact) mass is 305 g/mol. The van der Waals surface area contributed by atoms with Gasteiger partial charge in [-0.2, -0.15) is 11.8 Å². The number of hydrogen-bond acceptors (Lipinski definition) is 4. The van der Waals surface area contributed by atoms with Crippen LogP contribution in [0.1, 0.15) is 28.1 Å². The van der Waals surface area contributed by atoms with Gasteiger partial charge >= 0.3 is 0 Å². The number of benzene rings is 1. The van der Waals surface area contributed by atoms with E-state index in [4.69, 9.17) is 4.42 Å². The van der Waals surface area contributed by atoms with Crippen LogP contribution >= 0.6 is 11.8 Å². The lowest BCUT2D eigenvalue weighted by molar-refractivity contribution is 0.0603. The first-order valence-electron chi connectivity index (χ1n) is 7.07. The van der Waals surface area contributed by atoms with Crippen LogP contribution in [0.2, 0.25) is 0 Å². The van der Waals surface area contributed by atoms with E-state index < -0.39 is 5.60 Å². The molecule has 0 spiro atoms. The molecular formula is C16H19NO3S. The summed E-state index contributed by atoms with van der Waals surface area (Å²) in [4.78, 5) is 12.3. The molecule has 1 fully saturated rings. The molecule has 1 aromatic carbocycles. The zero-order valence-corrected chi connectivity index (χ0v) is 13.0. The van der Waals surface area contributed by atoms with Crippen molar-refractivity contribution in [3.8, 4) is 0 Å². The van der Waals surface area contributed by atoms with Crippen LogP contribution in [0.4, 0.5) is 0 Å². The molecule has 1 aliphatic heterocycles. The van der Waals surface area contributed by atoms with E-state index in [2.05, 4.69) is 5.32 Å². The third-order valence-corrected chi connectivity index (χ3v) is 5.26. The summed E-state index contributed by atoms with van der Waals surface area (Å²) in [5, 5.41) is 14.0. The molecule has 2 aromatic rings. The first-order chi connectivity index (χ1) is 10.0. The molecule has 0 radical (unpaired) electrons. The Morgan fingerprint density at radius 3 is 2.95 bits per heavy atom. The van der Waals surface area contributed by atoms with Gasteiger partial charge in [0, 0.05) is 23.2 Å². The highest BCUT2D eigenvalue weighted by Gasteiger charge is 2.32. The highest BCUT2D eigenvalue weighted by Crippen LogP contribution is 2.29. The van der Waals surface area contributed by atoms with E-state index in [0.717, 1.165) is 34.3 Å². The molecule has 1 atom stereocenters. The molecule has 0 saturated carbocycles. The van der Waals surface area contributed by atoms with Crippen molar-refractivity contribution >= 4 is 28.6 Å². The van der Waals surface area contributed by atoms with Crippen molar-refractivity contribution in [2.24, 2.45) is 0 Å². The summed E-state index contributed by atoms with van der Waals surface area (Å²) in [6.45, 7) is 4.13. The second kappa shape index (κ2) is 5.39. The fourth-order valence-corrected chi connectivity index (χ4v) is 3.96. The van der Waals surface area contributed by atoms with Gasteiger partial charge in [-0.25, -0.2) is 0 Å². The topological polar surface area (TPSA) is 62.5 Å². The third-order valence-electron chi connectivity index (χ3n) is 4.03. The quantitative estimate of drug-likeness (QED) is 0.915. The lowest BCUT2D eigenvalue weighted by Gasteiger charge is -2.21. The Kier molecular flexibility index (Phi) is 3.71. The maximum atomic E-state index is 12.3. The van der Waals surface area contributed by atoms with E-state index in [0.29, 0.717) is 11.5 Å². The van der Waals surface area contributed by atoms with Crippen molar-refractivity contribution in [1.29, 1.82) is 0 Å². The zero-order valence-electron chi connectivity index (χ0n) is 12.2. The molecule has 2 heterocycles. The summed E-state index contributed by atoms with van der Waals surface area (Å²) in [6, 6.07) is 5.88. The number of hydrogen-bond donors (Lipinski definition) is 2. The van der Waals surface area contributed by atoms with Crippen LogP contribution in [0, 0.1) is 13.8 Å². The highest BCUT2D eigenvalue weighted by atomic mass is 32.2. The highest BCUT2D eigenvalue weighted by molar-refractivity contribution is 7.99. The zero-order chi connectivity index (χ0) is 15.0. The molecule has 0 bridgehead atoms. The average Bonchev–Trinajstić information content (AvgIpc) is 3.03. The van der Waals surface area contributed by atoms with E-state index in [1.165, 1.54) is 0 Å². The van der Waals surface area contributed by atoms with Gasteiger partial charge in [-0.1, -0.05) is 18.2 Å². The van der Waals surface area contributed by atoms with E-state index in [-0.39, 0.29) is 12.5 Å². The van der Waals surface area contributed by atoms with Crippen LogP contribution < -0.4 is 5.32 Å². The Labute approximate surface area is 127 Å². The minimum Gasteiger partial charge on any atom is -0.450 e. The second-order valence-electron chi connectivity index (χ2n) is 5.72. The predicted octanol–water partition coefficient (Wildman–Crippen LogP) is 2.65. The second-order valence-corrected chi connectivity index (χ2v) is 6.82. The molecule has 1 amide bonds. The van der Waals surface area contributed by atoms with Gasteiger partial charge in [-0.15, -0.1) is 0 Å². The van der Waals surface area contributed by atoms with Gasteiger partial charge in [-0.05, 0) is 31.6 Å². The Morgan fingerprint density at radius 1 is 1.48 bits per heavy atom. The Morgan fingerprint density at radius 2 is 2.29 bits per heavy atom. The van der Waals surface area contributed by atoms with Crippen molar-refractivity contribution in [2.45, 2.75) is 25.9 Å². The molecule has 21 heavy (non-hydrogen) atoms.